The molecular weight excluding hydrogens is 765 g/mol. The van der Waals surface area contributed by atoms with Crippen LogP contribution in [0, 0.1) is 5.92 Å². The molecule has 6 aromatic carbocycles. The van der Waals surface area contributed by atoms with E-state index in [-0.39, 0.29) is 30.1 Å². The summed E-state index contributed by atoms with van der Waals surface area (Å²) in [5, 5.41) is 37.3. The van der Waals surface area contributed by atoms with Gasteiger partial charge in [0.15, 0.2) is 5.78 Å². The number of carbonyl (C=O) groups is 6. The first-order valence-corrected chi connectivity index (χ1v) is 19.3. The van der Waals surface area contributed by atoms with Gasteiger partial charge in [-0.25, -0.2) is 9.59 Å². The largest absolute Gasteiger partial charge is 0.480 e. The molecule has 0 saturated heterocycles. The van der Waals surface area contributed by atoms with Gasteiger partial charge in [-0.15, -0.1) is 0 Å². The fraction of sp³-hybridized carbons (Fsp3) is 0.208. The van der Waals surface area contributed by atoms with Gasteiger partial charge in [0.1, 0.15) is 30.5 Å². The molecule has 308 valence electrons. The Hall–Kier alpha value is -7.34. The maximum absolute atomic E-state index is 13.5. The number of hydrogen-bond acceptors (Lipinski definition) is 7. The van der Waals surface area contributed by atoms with E-state index in [4.69, 9.17) is 4.74 Å². The van der Waals surface area contributed by atoms with E-state index in [1.54, 1.807) is 60.7 Å². The number of ether oxygens (including phenoxy) is 1. The molecule has 12 heteroatoms. The summed E-state index contributed by atoms with van der Waals surface area (Å²) in [6, 6.07) is 40.6. The maximum atomic E-state index is 13.5. The van der Waals surface area contributed by atoms with Crippen LogP contribution in [-0.4, -0.2) is 63.1 Å². The molecule has 12 nitrogen and oxygen atoms in total. The van der Waals surface area contributed by atoms with Crippen LogP contribution >= 0.6 is 0 Å². The van der Waals surface area contributed by atoms with Crippen LogP contribution in [0.4, 0.5) is 4.79 Å². The Morgan fingerprint density at radius 3 is 1.43 bits per heavy atom. The van der Waals surface area contributed by atoms with E-state index in [0.29, 0.717) is 17.2 Å². The summed E-state index contributed by atoms with van der Waals surface area (Å²) in [5.41, 5.74) is 2.20. The van der Waals surface area contributed by atoms with Crippen molar-refractivity contribution in [1.82, 2.24) is 10.6 Å². The molecule has 0 radical (unpaired) electrons. The minimum atomic E-state index is -1.60. The van der Waals surface area contributed by atoms with Crippen LogP contribution in [0.2, 0.25) is 0 Å². The molecule has 6 aromatic rings. The van der Waals surface area contributed by atoms with Crippen molar-refractivity contribution in [2.75, 3.05) is 0 Å². The lowest BCUT2D eigenvalue weighted by Gasteiger charge is -2.22. The van der Waals surface area contributed by atoms with Gasteiger partial charge in [0, 0.05) is 6.42 Å². The average Bonchev–Trinajstić information content (AvgIpc) is 3.23. The normalized spacial score (nSPS) is 12.8. The second-order valence-corrected chi connectivity index (χ2v) is 14.6. The second kappa shape index (κ2) is 20.9. The minimum Gasteiger partial charge on any atom is -0.480 e. The predicted octanol–water partition coefficient (Wildman–Crippen LogP) is 7.74. The molecule has 0 bridgehead atoms. The Labute approximate surface area is 346 Å². The standard InChI is InChI=1S/C25H18O5.C23H28N2O5/c26-23(21(24(27)28)19-13-5-9-15-7-1-3-11-17(15)19)22(25(29)30)20-14-6-10-16-8-2-4-12-18(16)20;1-16(2)13-19(25-23(29)30-15-18-11-7-4-8-12-18)21(26)24-20(22(27)28)14-17-9-5-3-6-10-17/h1-14,21-22H,(H,27,28)(H,29,30);3-12,16,19-20H,13-15H2,1-2H3,(H,24,26)(H,25,29)(H,27,28)/t;19-,20-/m.0/s1. The summed E-state index contributed by atoms with van der Waals surface area (Å²) in [5.74, 6) is -8.40. The van der Waals surface area contributed by atoms with E-state index >= 15 is 0 Å². The van der Waals surface area contributed by atoms with Gasteiger partial charge in [-0.05, 0) is 56.1 Å². The third kappa shape index (κ3) is 11.6. The first kappa shape index (κ1) is 43.8. The summed E-state index contributed by atoms with van der Waals surface area (Å²) in [6.45, 7) is 3.90. The van der Waals surface area contributed by atoms with Crippen LogP contribution in [-0.2, 0) is 41.7 Å². The van der Waals surface area contributed by atoms with E-state index in [1.807, 2.05) is 98.8 Å². The Morgan fingerprint density at radius 1 is 0.517 bits per heavy atom. The molecule has 0 aliphatic carbocycles. The van der Waals surface area contributed by atoms with Crippen LogP contribution < -0.4 is 10.6 Å². The van der Waals surface area contributed by atoms with E-state index in [0.717, 1.165) is 21.9 Å². The smallest absolute Gasteiger partial charge is 0.408 e. The van der Waals surface area contributed by atoms with E-state index in [1.165, 1.54) is 0 Å². The monoisotopic (exact) mass is 810 g/mol. The molecule has 4 atom stereocenters. The Morgan fingerprint density at radius 2 is 0.967 bits per heavy atom. The third-order valence-electron chi connectivity index (χ3n) is 9.76. The topological polar surface area (TPSA) is 196 Å². The van der Waals surface area contributed by atoms with Crippen LogP contribution in [0.25, 0.3) is 21.5 Å². The molecule has 6 rings (SSSR count). The highest BCUT2D eigenvalue weighted by Gasteiger charge is 2.40. The number of carboxylic acids is 3. The van der Waals surface area contributed by atoms with Gasteiger partial charge in [0.2, 0.25) is 5.91 Å². The minimum absolute atomic E-state index is 0.0778. The van der Waals surface area contributed by atoms with Crippen LogP contribution in [0.1, 0.15) is 54.4 Å². The number of rotatable bonds is 16. The van der Waals surface area contributed by atoms with Crippen molar-refractivity contribution in [3.05, 3.63) is 168 Å². The molecule has 5 N–H and O–H groups in total. The molecule has 0 aliphatic rings. The van der Waals surface area contributed by atoms with Gasteiger partial charge in [0.25, 0.3) is 0 Å². The Bertz CT molecular complexity index is 2340. The highest BCUT2D eigenvalue weighted by atomic mass is 16.5. The fourth-order valence-corrected chi connectivity index (χ4v) is 6.92. The second-order valence-electron chi connectivity index (χ2n) is 14.6. The molecule has 0 saturated carbocycles. The molecule has 0 aromatic heterocycles. The number of Topliss-reactive ketones (excluding diaryl/α,β-unsaturated/α-hetero) is 1. The number of carboxylic acid groups (broad SMARTS) is 3. The molecular formula is C48H46N2O10. The SMILES string of the molecule is CC(C)C[C@H](NC(=O)OCc1ccccc1)C(=O)N[C@@H](Cc1ccccc1)C(=O)O.O=C(O)C(C(=O)C(C(=O)O)c1cccc2ccccc12)c1cccc2ccccc12. The number of carbonyl (C=O) groups excluding carboxylic acids is 3. The fourth-order valence-electron chi connectivity index (χ4n) is 6.92. The van der Waals surface area contributed by atoms with E-state index in [2.05, 4.69) is 10.6 Å². The van der Waals surface area contributed by atoms with Gasteiger partial charge in [0.05, 0.1) is 0 Å². The van der Waals surface area contributed by atoms with E-state index < -0.39 is 59.6 Å². The first-order valence-electron chi connectivity index (χ1n) is 19.3. The Kier molecular flexibility index (Phi) is 15.2. The number of ketones is 1. The average molecular weight is 811 g/mol. The van der Waals surface area contributed by atoms with Crippen LogP contribution in [0.5, 0.6) is 0 Å². The molecule has 0 heterocycles. The zero-order valence-electron chi connectivity index (χ0n) is 33.1. The van der Waals surface area contributed by atoms with Crippen molar-refractivity contribution in [1.29, 1.82) is 0 Å². The third-order valence-corrected chi connectivity index (χ3v) is 9.76. The highest BCUT2D eigenvalue weighted by Crippen LogP contribution is 2.34. The van der Waals surface area contributed by atoms with Crippen LogP contribution in [0.15, 0.2) is 146 Å². The van der Waals surface area contributed by atoms with Gasteiger partial charge in [-0.3, -0.25) is 19.2 Å². The molecule has 2 amide bonds. The molecule has 0 fully saturated rings. The summed E-state index contributed by atoms with van der Waals surface area (Å²) >= 11 is 0. The number of aliphatic carboxylic acids is 3. The van der Waals surface area contributed by atoms with Crippen molar-refractivity contribution in [3.63, 3.8) is 0 Å². The molecule has 2 unspecified atom stereocenters. The molecule has 0 aliphatic heterocycles. The van der Waals surface area contributed by atoms with Crippen molar-refractivity contribution in [2.24, 2.45) is 5.92 Å². The van der Waals surface area contributed by atoms with Crippen molar-refractivity contribution < 1.29 is 48.8 Å². The van der Waals surface area contributed by atoms with Gasteiger partial charge in [-0.1, -0.05) is 159 Å². The van der Waals surface area contributed by atoms with Gasteiger partial charge >= 0.3 is 24.0 Å². The summed E-state index contributed by atoms with van der Waals surface area (Å²) < 4.78 is 5.19. The Balaban J connectivity index is 0.000000228. The quantitative estimate of drug-likeness (QED) is 0.0603. The zero-order chi connectivity index (χ0) is 43.2. The maximum Gasteiger partial charge on any atom is 0.408 e. The summed E-state index contributed by atoms with van der Waals surface area (Å²) in [4.78, 5) is 74.4. The summed E-state index contributed by atoms with van der Waals surface area (Å²) in [7, 11) is 0. The van der Waals surface area contributed by atoms with Gasteiger partial charge in [-0.2, -0.15) is 0 Å². The number of benzene rings is 6. The lowest BCUT2D eigenvalue weighted by atomic mass is 9.81. The number of hydrogen-bond donors (Lipinski definition) is 5. The summed E-state index contributed by atoms with van der Waals surface area (Å²) in [6.07, 6.45) is -0.229. The van der Waals surface area contributed by atoms with E-state index in [9.17, 15) is 44.1 Å². The first-order chi connectivity index (χ1) is 28.8. The number of alkyl carbamates (subject to hydrolysis) is 1. The van der Waals surface area contributed by atoms with Crippen molar-refractivity contribution in [2.45, 2.75) is 57.2 Å². The van der Waals surface area contributed by atoms with Gasteiger partial charge < -0.3 is 30.7 Å². The number of amides is 2. The molecule has 0 spiro atoms. The lowest BCUT2D eigenvalue weighted by molar-refractivity contribution is -0.147. The number of fused-ring (bicyclic) bond motifs is 2. The van der Waals surface area contributed by atoms with Crippen molar-refractivity contribution >= 4 is 57.2 Å². The number of nitrogens with one attached hydrogen (secondary N) is 2. The highest BCUT2D eigenvalue weighted by molar-refractivity contribution is 6.17. The molecule has 60 heavy (non-hydrogen) atoms. The van der Waals surface area contributed by atoms with Crippen molar-refractivity contribution in [3.8, 4) is 0 Å². The lowest BCUT2D eigenvalue weighted by Crippen LogP contribution is -2.52. The predicted molar refractivity (Wildman–Crippen MR) is 226 cm³/mol. The van der Waals surface area contributed by atoms with Crippen LogP contribution in [0.3, 0.4) is 0 Å². The zero-order valence-corrected chi connectivity index (χ0v) is 33.1.